The molecule has 1 aromatic heterocycles. The van der Waals surface area contributed by atoms with Crippen molar-refractivity contribution in [3.8, 4) is 0 Å². The van der Waals surface area contributed by atoms with Crippen molar-refractivity contribution in [2.75, 3.05) is 18.9 Å². The fourth-order valence-corrected chi connectivity index (χ4v) is 2.45. The molecular formula is C17H19N3O5S. The second-order valence-electron chi connectivity index (χ2n) is 5.35. The van der Waals surface area contributed by atoms with Crippen LogP contribution in [0.4, 0.5) is 9.93 Å². The second kappa shape index (κ2) is 10.1. The fourth-order valence-electron chi connectivity index (χ4n) is 1.91. The Labute approximate surface area is 154 Å². The zero-order valence-corrected chi connectivity index (χ0v) is 15.0. The summed E-state index contributed by atoms with van der Waals surface area (Å²) in [7, 11) is 1.44. The highest BCUT2D eigenvalue weighted by atomic mass is 32.1. The molecule has 9 heteroatoms. The second-order valence-corrected chi connectivity index (χ2v) is 6.24. The molecule has 0 aliphatic rings. The highest BCUT2D eigenvalue weighted by molar-refractivity contribution is 7.13. The van der Waals surface area contributed by atoms with Crippen LogP contribution in [0.25, 0.3) is 0 Å². The van der Waals surface area contributed by atoms with Crippen LogP contribution in [-0.2, 0) is 25.8 Å². The molecule has 1 aromatic carbocycles. The van der Waals surface area contributed by atoms with E-state index in [1.165, 1.54) is 18.4 Å². The van der Waals surface area contributed by atoms with Crippen molar-refractivity contribution in [1.29, 1.82) is 0 Å². The number of anilines is 1. The number of nitrogens with zero attached hydrogens (tertiary/aromatic N) is 2. The Kier molecular flexibility index (Phi) is 7.56. The number of hydrogen-bond donors (Lipinski definition) is 1. The minimum absolute atomic E-state index is 0.0626. The third-order valence-corrected chi connectivity index (χ3v) is 4.02. The number of aromatic nitrogens is 1. The van der Waals surface area contributed by atoms with Crippen molar-refractivity contribution in [2.45, 2.75) is 19.3 Å². The highest BCUT2D eigenvalue weighted by Crippen LogP contribution is 2.10. The van der Waals surface area contributed by atoms with Crippen LogP contribution in [0.3, 0.4) is 0 Å². The molecule has 0 spiro atoms. The van der Waals surface area contributed by atoms with E-state index in [2.05, 4.69) is 20.1 Å². The average Bonchev–Trinajstić information content (AvgIpc) is 3.16. The smallest absolute Gasteiger partial charge is 0.308 e. The molecule has 8 nitrogen and oxygen atoms in total. The summed E-state index contributed by atoms with van der Waals surface area (Å²) >= 11 is 1.30. The van der Waals surface area contributed by atoms with E-state index in [4.69, 9.17) is 0 Å². The van der Waals surface area contributed by atoms with Gasteiger partial charge in [0.25, 0.3) is 0 Å². The maximum atomic E-state index is 11.7. The van der Waals surface area contributed by atoms with Crippen LogP contribution in [0.5, 0.6) is 0 Å². The van der Waals surface area contributed by atoms with Crippen LogP contribution in [-0.4, -0.2) is 41.4 Å². The Morgan fingerprint density at radius 3 is 2.62 bits per heavy atom. The summed E-state index contributed by atoms with van der Waals surface area (Å²) in [5, 5.41) is 4.84. The first-order valence-corrected chi connectivity index (χ1v) is 8.78. The van der Waals surface area contributed by atoms with Gasteiger partial charge in [-0.25, -0.2) is 24.3 Å². The lowest BCUT2D eigenvalue weighted by Crippen LogP contribution is -2.31. The van der Waals surface area contributed by atoms with Gasteiger partial charge in [-0.1, -0.05) is 30.3 Å². The Morgan fingerprint density at radius 2 is 1.92 bits per heavy atom. The van der Waals surface area contributed by atoms with E-state index >= 15 is 0 Å². The molecule has 0 saturated carbocycles. The van der Waals surface area contributed by atoms with Gasteiger partial charge in [0.05, 0.1) is 6.42 Å². The van der Waals surface area contributed by atoms with Crippen molar-refractivity contribution in [2.24, 2.45) is 0 Å². The van der Waals surface area contributed by atoms with Crippen LogP contribution in [0, 0.1) is 0 Å². The van der Waals surface area contributed by atoms with E-state index in [0.717, 1.165) is 10.5 Å². The van der Waals surface area contributed by atoms with Gasteiger partial charge in [0.15, 0.2) is 5.13 Å². The highest BCUT2D eigenvalue weighted by Gasteiger charge is 2.16. The van der Waals surface area contributed by atoms with Crippen molar-refractivity contribution < 1.29 is 24.2 Å². The number of nitrogens with one attached hydrogen (secondary N) is 1. The third-order valence-electron chi connectivity index (χ3n) is 3.33. The topological polar surface area (TPSA) is 97.8 Å². The Balaban J connectivity index is 1.61. The van der Waals surface area contributed by atoms with Crippen LogP contribution in [0.1, 0.15) is 18.4 Å². The molecule has 1 heterocycles. The minimum atomic E-state index is -0.847. The number of carbonyl (C=O) groups excluding carboxylic acids is 3. The molecule has 0 unspecified atom stereocenters. The molecule has 0 fully saturated rings. The maximum Gasteiger partial charge on any atom is 0.452 e. The lowest BCUT2D eigenvalue weighted by Gasteiger charge is -2.14. The molecular weight excluding hydrogens is 358 g/mol. The molecule has 2 rings (SSSR count). The van der Waals surface area contributed by atoms with Crippen molar-refractivity contribution >= 4 is 34.4 Å². The van der Waals surface area contributed by atoms with Crippen LogP contribution in [0.15, 0.2) is 41.9 Å². The molecule has 0 aliphatic heterocycles. The summed E-state index contributed by atoms with van der Waals surface area (Å²) in [4.78, 5) is 49.1. The number of benzene rings is 1. The van der Waals surface area contributed by atoms with E-state index in [1.54, 1.807) is 11.6 Å². The monoisotopic (exact) mass is 377 g/mol. The molecule has 0 aliphatic carbocycles. The summed E-state index contributed by atoms with van der Waals surface area (Å²) in [6.45, 7) is 0.109. The van der Waals surface area contributed by atoms with Gasteiger partial charge < -0.3 is 10.2 Å². The molecule has 138 valence electrons. The van der Waals surface area contributed by atoms with E-state index in [0.29, 0.717) is 11.6 Å². The van der Waals surface area contributed by atoms with E-state index in [-0.39, 0.29) is 25.3 Å². The fraction of sp³-hybridized carbons (Fsp3) is 0.294. The normalized spacial score (nSPS) is 10.0. The Morgan fingerprint density at radius 1 is 1.15 bits per heavy atom. The van der Waals surface area contributed by atoms with Crippen molar-refractivity contribution in [3.05, 3.63) is 47.5 Å². The van der Waals surface area contributed by atoms with E-state index in [1.807, 2.05) is 30.3 Å². The van der Waals surface area contributed by atoms with Gasteiger partial charge in [-0.15, -0.1) is 11.3 Å². The van der Waals surface area contributed by atoms with Gasteiger partial charge in [0.2, 0.25) is 5.91 Å². The van der Waals surface area contributed by atoms with Gasteiger partial charge in [0, 0.05) is 31.6 Å². The predicted octanol–water partition coefficient (Wildman–Crippen LogP) is 2.63. The van der Waals surface area contributed by atoms with Gasteiger partial charge in [-0.3, -0.25) is 4.79 Å². The molecule has 2 amide bonds. The molecule has 2 aromatic rings. The number of thiazole rings is 1. The molecule has 1 N–H and O–H groups in total. The molecule has 0 radical (unpaired) electrons. The van der Waals surface area contributed by atoms with Crippen LogP contribution >= 0.6 is 11.3 Å². The quantitative estimate of drug-likeness (QED) is 0.588. The molecule has 0 bridgehead atoms. The Hall–Kier alpha value is -2.94. The van der Waals surface area contributed by atoms with E-state index in [9.17, 15) is 14.4 Å². The number of amides is 2. The van der Waals surface area contributed by atoms with Crippen molar-refractivity contribution in [3.63, 3.8) is 0 Å². The standard InChI is InChI=1S/C17H19N3O5S/c1-20(11-9-14(21)19-16-18-10-12-26-16)17(23)25-24-15(22)8-7-13-5-3-2-4-6-13/h2-6,10,12H,7-9,11H2,1H3,(H,18,19,21). The predicted molar refractivity (Wildman–Crippen MR) is 95.3 cm³/mol. The summed E-state index contributed by atoms with van der Waals surface area (Å²) in [5.74, 6) is -0.920. The van der Waals surface area contributed by atoms with Gasteiger partial charge in [0.1, 0.15) is 0 Å². The first-order valence-electron chi connectivity index (χ1n) is 7.90. The SMILES string of the molecule is CN(CCC(=O)Nc1nccs1)C(=O)OOC(=O)CCc1ccccc1. The lowest BCUT2D eigenvalue weighted by molar-refractivity contribution is -0.236. The van der Waals surface area contributed by atoms with Crippen LogP contribution < -0.4 is 5.32 Å². The molecule has 26 heavy (non-hydrogen) atoms. The first-order chi connectivity index (χ1) is 12.5. The molecule has 0 saturated heterocycles. The van der Waals surface area contributed by atoms with E-state index < -0.39 is 12.1 Å². The van der Waals surface area contributed by atoms with Gasteiger partial charge in [-0.2, -0.15) is 0 Å². The largest absolute Gasteiger partial charge is 0.452 e. The number of aryl methyl sites for hydroxylation is 1. The average molecular weight is 377 g/mol. The minimum Gasteiger partial charge on any atom is -0.308 e. The zero-order chi connectivity index (χ0) is 18.8. The number of carbonyl (C=O) groups is 3. The maximum absolute atomic E-state index is 11.7. The zero-order valence-electron chi connectivity index (χ0n) is 14.2. The summed E-state index contributed by atoms with van der Waals surface area (Å²) in [6, 6.07) is 9.42. The van der Waals surface area contributed by atoms with Crippen molar-refractivity contribution in [1.82, 2.24) is 9.88 Å². The van der Waals surface area contributed by atoms with Gasteiger partial charge in [-0.05, 0) is 12.0 Å². The van der Waals surface area contributed by atoms with Gasteiger partial charge >= 0.3 is 12.1 Å². The summed E-state index contributed by atoms with van der Waals surface area (Å²) in [5.41, 5.74) is 0.985. The number of rotatable bonds is 7. The number of hydrogen-bond acceptors (Lipinski definition) is 7. The third kappa shape index (κ3) is 6.89. The first kappa shape index (κ1) is 19.4. The van der Waals surface area contributed by atoms with Crippen LogP contribution in [0.2, 0.25) is 0 Å². The Bertz CT molecular complexity index is 721. The summed E-state index contributed by atoms with van der Waals surface area (Å²) < 4.78 is 0. The summed E-state index contributed by atoms with van der Waals surface area (Å²) in [6.07, 6.45) is 1.38. The molecule has 0 atom stereocenters. The lowest BCUT2D eigenvalue weighted by atomic mass is 10.1.